The molecule has 0 aliphatic carbocycles. The van der Waals surface area contributed by atoms with Gasteiger partial charge in [0, 0.05) is 32.3 Å². The smallest absolute Gasteiger partial charge is 0.119 e. The first-order valence-corrected chi connectivity index (χ1v) is 6.92. The van der Waals surface area contributed by atoms with Crippen molar-refractivity contribution in [3.05, 3.63) is 29.8 Å². The van der Waals surface area contributed by atoms with Gasteiger partial charge in [-0.1, -0.05) is 12.1 Å². The number of ether oxygens (including phenoxy) is 2. The summed E-state index contributed by atoms with van der Waals surface area (Å²) < 4.78 is 10.9. The summed E-state index contributed by atoms with van der Waals surface area (Å²) in [4.78, 5) is 2.39. The van der Waals surface area contributed by atoms with Crippen LogP contribution in [0.2, 0.25) is 0 Å². The van der Waals surface area contributed by atoms with Crippen LogP contribution in [0.15, 0.2) is 24.3 Å². The summed E-state index contributed by atoms with van der Waals surface area (Å²) in [6.45, 7) is 5.85. The molecule has 106 valence electrons. The van der Waals surface area contributed by atoms with Crippen LogP contribution in [0.25, 0.3) is 0 Å². The summed E-state index contributed by atoms with van der Waals surface area (Å²) in [6, 6.07) is 8.02. The molecule has 0 bridgehead atoms. The van der Waals surface area contributed by atoms with Crippen molar-refractivity contribution in [3.63, 3.8) is 0 Å². The van der Waals surface area contributed by atoms with E-state index in [0.29, 0.717) is 6.10 Å². The molecule has 2 unspecified atom stereocenters. The Labute approximate surface area is 115 Å². The van der Waals surface area contributed by atoms with E-state index in [1.807, 2.05) is 18.2 Å². The molecule has 2 atom stereocenters. The van der Waals surface area contributed by atoms with Crippen molar-refractivity contribution in [2.45, 2.75) is 25.5 Å². The molecule has 1 fully saturated rings. The maximum Gasteiger partial charge on any atom is 0.119 e. The van der Waals surface area contributed by atoms with Gasteiger partial charge in [0.2, 0.25) is 0 Å². The molecule has 0 saturated carbocycles. The lowest BCUT2D eigenvalue weighted by Gasteiger charge is -2.25. The Kier molecular flexibility index (Phi) is 5.19. The summed E-state index contributed by atoms with van der Waals surface area (Å²) in [5.41, 5.74) is 7.43. The molecule has 1 aliphatic heterocycles. The number of hydrogen-bond acceptors (Lipinski definition) is 4. The lowest BCUT2D eigenvalue weighted by molar-refractivity contribution is 0.0670. The van der Waals surface area contributed by atoms with Crippen LogP contribution in [0.1, 0.15) is 24.9 Å². The van der Waals surface area contributed by atoms with E-state index in [9.17, 15) is 0 Å². The quantitative estimate of drug-likeness (QED) is 0.901. The van der Waals surface area contributed by atoms with Crippen molar-refractivity contribution >= 4 is 0 Å². The first-order chi connectivity index (χ1) is 9.19. The molecule has 1 saturated heterocycles. The number of rotatable bonds is 4. The largest absolute Gasteiger partial charge is 0.497 e. The summed E-state index contributed by atoms with van der Waals surface area (Å²) in [6.07, 6.45) is 1.37. The fourth-order valence-electron chi connectivity index (χ4n) is 2.50. The van der Waals surface area contributed by atoms with Gasteiger partial charge in [-0.05, 0) is 31.0 Å². The van der Waals surface area contributed by atoms with Crippen LogP contribution < -0.4 is 10.5 Å². The molecule has 2 N–H and O–H groups in total. The first kappa shape index (κ1) is 14.3. The summed E-state index contributed by atoms with van der Waals surface area (Å²) >= 11 is 0. The van der Waals surface area contributed by atoms with Crippen molar-refractivity contribution in [3.8, 4) is 5.75 Å². The van der Waals surface area contributed by atoms with Crippen LogP contribution in [-0.4, -0.2) is 44.4 Å². The van der Waals surface area contributed by atoms with E-state index >= 15 is 0 Å². The van der Waals surface area contributed by atoms with E-state index in [1.54, 1.807) is 7.11 Å². The zero-order chi connectivity index (χ0) is 13.7. The van der Waals surface area contributed by atoms with Crippen LogP contribution in [0.5, 0.6) is 5.75 Å². The van der Waals surface area contributed by atoms with Gasteiger partial charge < -0.3 is 15.2 Å². The Morgan fingerprint density at radius 3 is 3.16 bits per heavy atom. The number of benzene rings is 1. The molecule has 19 heavy (non-hydrogen) atoms. The summed E-state index contributed by atoms with van der Waals surface area (Å²) in [7, 11) is 1.68. The molecule has 0 radical (unpaired) electrons. The third-order valence-electron chi connectivity index (χ3n) is 3.51. The highest BCUT2D eigenvalue weighted by molar-refractivity contribution is 5.30. The lowest BCUT2D eigenvalue weighted by Crippen LogP contribution is -2.36. The van der Waals surface area contributed by atoms with Crippen LogP contribution in [0.4, 0.5) is 0 Å². The zero-order valence-corrected chi connectivity index (χ0v) is 11.8. The maximum absolute atomic E-state index is 6.31. The third kappa shape index (κ3) is 4.20. The van der Waals surface area contributed by atoms with Crippen molar-refractivity contribution in [1.82, 2.24) is 4.90 Å². The molecule has 4 nitrogen and oxygen atoms in total. The molecule has 1 heterocycles. The Morgan fingerprint density at radius 1 is 1.53 bits per heavy atom. The molecule has 2 rings (SSSR count). The van der Waals surface area contributed by atoms with E-state index in [1.165, 1.54) is 0 Å². The minimum absolute atomic E-state index is 0.0143. The highest BCUT2D eigenvalue weighted by Gasteiger charge is 2.18. The van der Waals surface area contributed by atoms with Crippen molar-refractivity contribution < 1.29 is 9.47 Å². The van der Waals surface area contributed by atoms with Gasteiger partial charge in [-0.3, -0.25) is 4.90 Å². The fourth-order valence-corrected chi connectivity index (χ4v) is 2.50. The SMILES string of the molecule is COc1cccc(C(N)CN2CCCOC(C)C2)c1. The highest BCUT2D eigenvalue weighted by Crippen LogP contribution is 2.19. The van der Waals surface area contributed by atoms with Gasteiger partial charge in [0.05, 0.1) is 13.2 Å². The van der Waals surface area contributed by atoms with Crippen molar-refractivity contribution in [1.29, 1.82) is 0 Å². The molecule has 0 aromatic heterocycles. The van der Waals surface area contributed by atoms with E-state index < -0.39 is 0 Å². The molecular formula is C15H24N2O2. The molecule has 1 aromatic carbocycles. The summed E-state index contributed by atoms with van der Waals surface area (Å²) in [5, 5.41) is 0. The van der Waals surface area contributed by atoms with Gasteiger partial charge in [0.1, 0.15) is 5.75 Å². The van der Waals surface area contributed by atoms with Crippen LogP contribution in [-0.2, 0) is 4.74 Å². The van der Waals surface area contributed by atoms with Gasteiger partial charge >= 0.3 is 0 Å². The number of hydrogen-bond donors (Lipinski definition) is 1. The molecule has 1 aliphatic rings. The fraction of sp³-hybridized carbons (Fsp3) is 0.600. The van der Waals surface area contributed by atoms with E-state index in [2.05, 4.69) is 17.9 Å². The van der Waals surface area contributed by atoms with E-state index in [4.69, 9.17) is 15.2 Å². The predicted molar refractivity (Wildman–Crippen MR) is 76.4 cm³/mol. The second-order valence-corrected chi connectivity index (χ2v) is 5.18. The Bertz CT molecular complexity index is 397. The Hall–Kier alpha value is -1.10. The van der Waals surface area contributed by atoms with Gasteiger partial charge in [-0.15, -0.1) is 0 Å². The molecule has 0 spiro atoms. The standard InChI is InChI=1S/C15H24N2O2/c1-12-10-17(7-4-8-19-12)11-15(16)13-5-3-6-14(9-13)18-2/h3,5-6,9,12,15H,4,7-8,10-11,16H2,1-2H3. The predicted octanol–water partition coefficient (Wildman–Crippen LogP) is 1.81. The molecule has 0 amide bonds. The number of nitrogens with zero attached hydrogens (tertiary/aromatic N) is 1. The average molecular weight is 264 g/mol. The first-order valence-electron chi connectivity index (χ1n) is 6.92. The second kappa shape index (κ2) is 6.89. The minimum atomic E-state index is 0.0143. The highest BCUT2D eigenvalue weighted by atomic mass is 16.5. The molecular weight excluding hydrogens is 240 g/mol. The number of methoxy groups -OCH3 is 1. The normalized spacial score (nSPS) is 22.8. The second-order valence-electron chi connectivity index (χ2n) is 5.18. The molecule has 4 heteroatoms. The average Bonchev–Trinajstić information content (AvgIpc) is 2.63. The molecule has 1 aromatic rings. The van der Waals surface area contributed by atoms with Gasteiger partial charge in [0.15, 0.2) is 0 Å². The minimum Gasteiger partial charge on any atom is -0.497 e. The Balaban J connectivity index is 1.97. The number of nitrogens with two attached hydrogens (primary N) is 1. The van der Waals surface area contributed by atoms with E-state index in [-0.39, 0.29) is 6.04 Å². The van der Waals surface area contributed by atoms with Crippen LogP contribution in [0.3, 0.4) is 0 Å². The third-order valence-corrected chi connectivity index (χ3v) is 3.51. The lowest BCUT2D eigenvalue weighted by atomic mass is 10.1. The van der Waals surface area contributed by atoms with Gasteiger partial charge in [-0.25, -0.2) is 0 Å². The van der Waals surface area contributed by atoms with Gasteiger partial charge in [0.25, 0.3) is 0 Å². The topological polar surface area (TPSA) is 47.7 Å². The maximum atomic E-state index is 6.31. The van der Waals surface area contributed by atoms with Crippen molar-refractivity contribution in [2.75, 3.05) is 33.4 Å². The Morgan fingerprint density at radius 2 is 2.37 bits per heavy atom. The van der Waals surface area contributed by atoms with Crippen molar-refractivity contribution in [2.24, 2.45) is 5.73 Å². The summed E-state index contributed by atoms with van der Waals surface area (Å²) in [5.74, 6) is 0.862. The van der Waals surface area contributed by atoms with E-state index in [0.717, 1.165) is 44.0 Å². The van der Waals surface area contributed by atoms with Crippen LogP contribution >= 0.6 is 0 Å². The zero-order valence-electron chi connectivity index (χ0n) is 11.8. The van der Waals surface area contributed by atoms with Gasteiger partial charge in [-0.2, -0.15) is 0 Å². The van der Waals surface area contributed by atoms with Crippen LogP contribution in [0, 0.1) is 0 Å². The monoisotopic (exact) mass is 264 g/mol.